The molecule has 8 nitrogen and oxygen atoms in total. The summed E-state index contributed by atoms with van der Waals surface area (Å²) in [6.07, 6.45) is 2.07. The fourth-order valence-corrected chi connectivity index (χ4v) is 4.14. The predicted octanol–water partition coefficient (Wildman–Crippen LogP) is 4.91. The molecule has 0 fully saturated rings. The number of methoxy groups -OCH3 is 1. The smallest absolute Gasteiger partial charge is 0.342 e. The average Bonchev–Trinajstić information content (AvgIpc) is 3.25. The largest absolute Gasteiger partial charge is 0.493 e. The summed E-state index contributed by atoms with van der Waals surface area (Å²) >= 11 is 2.98. The number of nitrogens with zero attached hydrogens (tertiary/aromatic N) is 3. The second-order valence-electron chi connectivity index (χ2n) is 6.32. The monoisotopic (exact) mass is 563 g/mol. The Bertz CT molecular complexity index is 1200. The van der Waals surface area contributed by atoms with Crippen molar-refractivity contribution in [1.29, 1.82) is 5.26 Å². The standard InChI is InChI=1S/C22H18IN3O5S/c1-3-19-25-26-22(31-19)32-18(21(27)28)10-13-8-16(23)20(17(9-13)29-2)30-12-15-7-5-4-6-14(15)11-24/h4-10H,3,12H2,1-2H3,(H,27,28)/b18-10-. The highest BCUT2D eigenvalue weighted by Crippen LogP contribution is 2.36. The van der Waals surface area contributed by atoms with Crippen molar-refractivity contribution >= 4 is 46.4 Å². The number of carbonyl (C=O) groups is 1. The molecule has 0 amide bonds. The molecule has 0 bridgehead atoms. The van der Waals surface area contributed by atoms with E-state index in [1.165, 1.54) is 13.2 Å². The molecule has 0 saturated carbocycles. The van der Waals surface area contributed by atoms with Gasteiger partial charge in [0.1, 0.15) is 11.5 Å². The summed E-state index contributed by atoms with van der Waals surface area (Å²) in [6.45, 7) is 2.06. The maximum atomic E-state index is 11.7. The minimum atomic E-state index is -1.12. The van der Waals surface area contributed by atoms with Crippen LogP contribution in [-0.4, -0.2) is 28.4 Å². The lowest BCUT2D eigenvalue weighted by atomic mass is 10.1. The Hall–Kier alpha value is -3.04. The number of aromatic nitrogens is 2. The summed E-state index contributed by atoms with van der Waals surface area (Å²) < 4.78 is 17.5. The number of aryl methyl sites for hydroxylation is 1. The fraction of sp³-hybridized carbons (Fsp3) is 0.182. The van der Waals surface area contributed by atoms with Gasteiger partial charge in [0.25, 0.3) is 5.22 Å². The van der Waals surface area contributed by atoms with Crippen LogP contribution in [0.3, 0.4) is 0 Å². The molecule has 0 spiro atoms. The lowest BCUT2D eigenvalue weighted by Gasteiger charge is -2.14. The van der Waals surface area contributed by atoms with E-state index in [2.05, 4.69) is 38.9 Å². The molecule has 32 heavy (non-hydrogen) atoms. The van der Waals surface area contributed by atoms with Gasteiger partial charge in [-0.25, -0.2) is 4.79 Å². The topological polar surface area (TPSA) is 118 Å². The van der Waals surface area contributed by atoms with Crippen molar-refractivity contribution in [2.24, 2.45) is 0 Å². The number of nitriles is 1. The summed E-state index contributed by atoms with van der Waals surface area (Å²) in [4.78, 5) is 11.8. The number of halogens is 1. The molecule has 0 atom stereocenters. The van der Waals surface area contributed by atoms with Gasteiger partial charge in [-0.15, -0.1) is 10.2 Å². The summed E-state index contributed by atoms with van der Waals surface area (Å²) in [5.41, 5.74) is 1.90. The molecular formula is C22H18IN3O5S. The molecule has 1 N–H and O–H groups in total. The highest BCUT2D eigenvalue weighted by Gasteiger charge is 2.17. The third-order valence-corrected chi connectivity index (χ3v) is 5.87. The molecule has 2 aromatic carbocycles. The van der Waals surface area contributed by atoms with E-state index in [1.54, 1.807) is 24.3 Å². The van der Waals surface area contributed by atoms with Gasteiger partial charge in [0.15, 0.2) is 11.5 Å². The van der Waals surface area contributed by atoms with Crippen LogP contribution >= 0.6 is 34.4 Å². The van der Waals surface area contributed by atoms with Gasteiger partial charge in [0.2, 0.25) is 5.89 Å². The van der Waals surface area contributed by atoms with E-state index in [4.69, 9.17) is 13.9 Å². The van der Waals surface area contributed by atoms with E-state index in [9.17, 15) is 15.2 Å². The third-order valence-electron chi connectivity index (χ3n) is 4.22. The van der Waals surface area contributed by atoms with Crippen molar-refractivity contribution in [2.75, 3.05) is 7.11 Å². The molecule has 1 aromatic heterocycles. The molecule has 0 radical (unpaired) electrons. The minimum absolute atomic E-state index is 0.0192. The Kier molecular flexibility index (Phi) is 8.13. The van der Waals surface area contributed by atoms with Gasteiger partial charge < -0.3 is 19.0 Å². The van der Waals surface area contributed by atoms with Crippen molar-refractivity contribution < 1.29 is 23.8 Å². The van der Waals surface area contributed by atoms with Crippen LogP contribution in [-0.2, 0) is 17.8 Å². The first-order chi connectivity index (χ1) is 15.4. The molecule has 0 unspecified atom stereocenters. The first kappa shape index (κ1) is 23.6. The first-order valence-electron chi connectivity index (χ1n) is 9.38. The number of hydrogen-bond donors (Lipinski definition) is 1. The molecule has 1 heterocycles. The molecule has 10 heteroatoms. The molecule has 3 rings (SSSR count). The second kappa shape index (κ2) is 11.0. The summed E-state index contributed by atoms with van der Waals surface area (Å²) in [6, 6.07) is 12.8. The Morgan fingerprint density at radius 2 is 2.12 bits per heavy atom. The SMILES string of the molecule is CCc1nnc(S/C(=C\c2cc(I)c(OCc3ccccc3C#N)c(OC)c2)C(=O)O)o1. The lowest BCUT2D eigenvalue weighted by Crippen LogP contribution is -2.02. The number of carboxylic acid groups (broad SMARTS) is 1. The van der Waals surface area contributed by atoms with E-state index < -0.39 is 5.97 Å². The maximum Gasteiger partial charge on any atom is 0.342 e. The van der Waals surface area contributed by atoms with Crippen LogP contribution in [0.1, 0.15) is 29.5 Å². The zero-order valence-electron chi connectivity index (χ0n) is 17.2. The average molecular weight is 563 g/mol. The van der Waals surface area contributed by atoms with Crippen LogP contribution in [0, 0.1) is 14.9 Å². The molecule has 164 valence electrons. The zero-order chi connectivity index (χ0) is 23.1. The number of benzene rings is 2. The molecular weight excluding hydrogens is 545 g/mol. The second-order valence-corrected chi connectivity index (χ2v) is 8.48. The normalized spacial score (nSPS) is 11.1. The quantitative estimate of drug-likeness (QED) is 0.220. The van der Waals surface area contributed by atoms with Crippen LogP contribution in [0.15, 0.2) is 50.9 Å². The Morgan fingerprint density at radius 3 is 2.78 bits per heavy atom. The summed E-state index contributed by atoms with van der Waals surface area (Å²) in [5.74, 6) is 0.270. The number of carboxylic acids is 1. The fourth-order valence-electron chi connectivity index (χ4n) is 2.67. The summed E-state index contributed by atoms with van der Waals surface area (Å²) in [5, 5.41) is 26.7. The molecule has 0 aliphatic carbocycles. The predicted molar refractivity (Wildman–Crippen MR) is 126 cm³/mol. The van der Waals surface area contributed by atoms with Crippen molar-refractivity contribution in [2.45, 2.75) is 25.2 Å². The molecule has 0 aliphatic rings. The van der Waals surface area contributed by atoms with E-state index in [0.717, 1.165) is 20.9 Å². The van der Waals surface area contributed by atoms with Crippen molar-refractivity contribution in [3.8, 4) is 17.6 Å². The van der Waals surface area contributed by atoms with Gasteiger partial charge in [-0.2, -0.15) is 5.26 Å². The van der Waals surface area contributed by atoms with Crippen LogP contribution in [0.4, 0.5) is 0 Å². The van der Waals surface area contributed by atoms with Gasteiger partial charge in [-0.3, -0.25) is 0 Å². The van der Waals surface area contributed by atoms with Gasteiger partial charge in [0.05, 0.1) is 22.3 Å². The molecule has 3 aromatic rings. The van der Waals surface area contributed by atoms with Crippen molar-refractivity contribution in [3.63, 3.8) is 0 Å². The lowest BCUT2D eigenvalue weighted by molar-refractivity contribution is -0.131. The number of ether oxygens (including phenoxy) is 2. The number of aliphatic carboxylic acids is 1. The van der Waals surface area contributed by atoms with Gasteiger partial charge in [-0.05, 0) is 64.2 Å². The van der Waals surface area contributed by atoms with Crippen LogP contribution < -0.4 is 9.47 Å². The number of thioether (sulfide) groups is 1. The van der Waals surface area contributed by atoms with Gasteiger partial charge in [-0.1, -0.05) is 25.1 Å². The maximum absolute atomic E-state index is 11.7. The zero-order valence-corrected chi connectivity index (χ0v) is 20.1. The highest BCUT2D eigenvalue weighted by atomic mass is 127. The third kappa shape index (κ3) is 5.80. The molecule has 0 aliphatic heterocycles. The Morgan fingerprint density at radius 1 is 1.34 bits per heavy atom. The highest BCUT2D eigenvalue weighted by molar-refractivity contribution is 14.1. The van der Waals surface area contributed by atoms with Crippen LogP contribution in [0.25, 0.3) is 6.08 Å². The van der Waals surface area contributed by atoms with Gasteiger partial charge >= 0.3 is 5.97 Å². The van der Waals surface area contributed by atoms with E-state index >= 15 is 0 Å². The Balaban J connectivity index is 1.86. The molecule has 0 saturated heterocycles. The number of hydrogen-bond acceptors (Lipinski definition) is 8. The van der Waals surface area contributed by atoms with E-state index in [0.29, 0.717) is 34.9 Å². The van der Waals surface area contributed by atoms with Crippen molar-refractivity contribution in [3.05, 3.63) is 67.5 Å². The van der Waals surface area contributed by atoms with Crippen LogP contribution in [0.2, 0.25) is 0 Å². The minimum Gasteiger partial charge on any atom is -0.493 e. The van der Waals surface area contributed by atoms with E-state index in [-0.39, 0.29) is 16.7 Å². The summed E-state index contributed by atoms with van der Waals surface area (Å²) in [7, 11) is 1.51. The van der Waals surface area contributed by atoms with Crippen molar-refractivity contribution in [1.82, 2.24) is 10.2 Å². The number of rotatable bonds is 9. The van der Waals surface area contributed by atoms with Crippen LogP contribution in [0.5, 0.6) is 11.5 Å². The van der Waals surface area contributed by atoms with E-state index in [1.807, 2.05) is 19.1 Å². The van der Waals surface area contributed by atoms with Gasteiger partial charge in [0, 0.05) is 12.0 Å². The first-order valence-corrected chi connectivity index (χ1v) is 11.3. The Labute approximate surface area is 202 Å².